The average molecular weight is 1230 g/mol. The Morgan fingerprint density at radius 2 is 1.32 bits per heavy atom. The molecule has 3 N–H and O–H groups in total. The molecular weight excluding hydrogens is 1160 g/mol. The van der Waals surface area contributed by atoms with Gasteiger partial charge in [-0.2, -0.15) is 5.26 Å². The summed E-state index contributed by atoms with van der Waals surface area (Å²) in [5.74, 6) is -0.241. The highest BCUT2D eigenvalue weighted by molar-refractivity contribution is 6.15. The Morgan fingerprint density at radius 1 is 0.670 bits per heavy atom. The van der Waals surface area contributed by atoms with Gasteiger partial charge < -0.3 is 49.3 Å². The minimum atomic E-state index is -0.938. The maximum atomic E-state index is 13.9. The lowest BCUT2D eigenvalue weighted by molar-refractivity contribution is -0.138. The van der Waals surface area contributed by atoms with Gasteiger partial charge in [0.25, 0.3) is 17.7 Å². The number of imide groups is 1. The average Bonchev–Trinajstić information content (AvgIpc) is 2.17. The van der Waals surface area contributed by atoms with Gasteiger partial charge in [0.05, 0.1) is 75.2 Å². The second-order valence-corrected chi connectivity index (χ2v) is 23.2. The molecule has 4 aliphatic heterocycles. The van der Waals surface area contributed by atoms with Crippen molar-refractivity contribution in [1.82, 2.24) is 20.4 Å². The molecular formula is C70H72N8O13. The van der Waals surface area contributed by atoms with Crippen molar-refractivity contribution in [3.8, 4) is 40.6 Å². The Labute approximate surface area is 527 Å². The van der Waals surface area contributed by atoms with Gasteiger partial charge in [-0.15, -0.1) is 0 Å². The number of hydrogen-bond donors (Lipinski definition) is 3. The molecule has 0 aromatic heterocycles. The number of allylic oxidation sites excluding steroid dienone is 2. The topological polar surface area (TPSA) is 266 Å². The van der Waals surface area contributed by atoms with Crippen molar-refractivity contribution in [1.29, 1.82) is 5.26 Å². The second kappa shape index (κ2) is 28.9. The fraction of sp³-hybridized carbons (Fsp3) is 0.343. The van der Waals surface area contributed by atoms with E-state index in [-0.39, 0.29) is 73.3 Å². The molecule has 10 rings (SSSR count). The van der Waals surface area contributed by atoms with Crippen LogP contribution < -0.4 is 44.4 Å². The van der Waals surface area contributed by atoms with Gasteiger partial charge in [-0.25, -0.2) is 0 Å². The lowest BCUT2D eigenvalue weighted by atomic mass is 9.75. The number of nitriles is 1. The summed E-state index contributed by atoms with van der Waals surface area (Å²) in [6, 6.07) is 28.1. The van der Waals surface area contributed by atoms with Crippen LogP contribution in [0.15, 0.2) is 131 Å². The van der Waals surface area contributed by atoms with Crippen LogP contribution >= 0.6 is 0 Å². The number of hydrogen-bond acceptors (Lipinski definition) is 16. The third kappa shape index (κ3) is 15.0. The van der Waals surface area contributed by atoms with Crippen LogP contribution in [0.4, 0.5) is 17.1 Å². The minimum absolute atomic E-state index is 0.0316. The number of nitrogens with one attached hydrogen (secondary N) is 3. The van der Waals surface area contributed by atoms with Gasteiger partial charge in [0.2, 0.25) is 17.7 Å². The molecule has 1 aliphatic carbocycles. The van der Waals surface area contributed by atoms with E-state index in [1.807, 2.05) is 54.9 Å². The number of fused-ring (bicyclic) bond motifs is 4. The molecule has 0 saturated carbocycles. The summed E-state index contributed by atoms with van der Waals surface area (Å²) < 4.78 is 34.7. The molecule has 0 radical (unpaired) electrons. The first kappa shape index (κ1) is 63.7. The van der Waals surface area contributed by atoms with Crippen molar-refractivity contribution in [2.75, 3.05) is 46.4 Å². The molecule has 6 amide bonds. The summed E-state index contributed by atoms with van der Waals surface area (Å²) in [7, 11) is 4.68. The summed E-state index contributed by atoms with van der Waals surface area (Å²) >= 11 is 0. The molecule has 0 saturated heterocycles. The first-order chi connectivity index (χ1) is 44.0. The van der Waals surface area contributed by atoms with Crippen LogP contribution in [0.5, 0.6) is 34.5 Å². The molecule has 21 nitrogen and oxygen atoms in total. The van der Waals surface area contributed by atoms with Crippen LogP contribution in [0, 0.1) is 29.1 Å². The van der Waals surface area contributed by atoms with Crippen LogP contribution in [0.2, 0.25) is 0 Å². The molecule has 5 aliphatic rings. The first-order valence-corrected chi connectivity index (χ1v) is 30.5. The normalized spacial score (nSPS) is 18.3. The zero-order valence-electron chi connectivity index (χ0n) is 51.6. The lowest BCUT2D eigenvalue weighted by Crippen LogP contribution is -2.53. The summed E-state index contributed by atoms with van der Waals surface area (Å²) in [5, 5.41) is 17.4. The third-order valence-electron chi connectivity index (χ3n) is 16.7. The minimum Gasteiger partial charge on any atom is -0.497 e. The highest BCUT2D eigenvalue weighted by Gasteiger charge is 2.36. The van der Waals surface area contributed by atoms with Gasteiger partial charge >= 0.3 is 0 Å². The van der Waals surface area contributed by atoms with Crippen LogP contribution in [-0.2, 0) is 24.0 Å². The van der Waals surface area contributed by atoms with E-state index in [0.29, 0.717) is 114 Å². The smallest absolute Gasteiger partial charge is 0.296 e. The number of anilines is 1. The van der Waals surface area contributed by atoms with E-state index in [1.165, 1.54) is 26.4 Å². The van der Waals surface area contributed by atoms with Crippen molar-refractivity contribution in [3.63, 3.8) is 0 Å². The second-order valence-electron chi connectivity index (χ2n) is 23.2. The lowest BCUT2D eigenvalue weighted by Gasteiger charge is -2.30. The van der Waals surface area contributed by atoms with E-state index in [2.05, 4.69) is 22.0 Å². The van der Waals surface area contributed by atoms with E-state index in [4.69, 9.17) is 43.7 Å². The fourth-order valence-corrected chi connectivity index (χ4v) is 11.5. The summed E-state index contributed by atoms with van der Waals surface area (Å²) in [4.78, 5) is 106. The molecule has 4 heterocycles. The fourth-order valence-electron chi connectivity index (χ4n) is 11.5. The number of ether oxygens (including phenoxy) is 6. The summed E-state index contributed by atoms with van der Waals surface area (Å²) in [5.41, 5.74) is 6.86. The van der Waals surface area contributed by atoms with Gasteiger partial charge in [0.1, 0.15) is 23.6 Å². The summed E-state index contributed by atoms with van der Waals surface area (Å²) in [6.07, 6.45) is 13.1. The number of nitrogens with zero attached hydrogens (tertiary/aromatic N) is 5. The summed E-state index contributed by atoms with van der Waals surface area (Å²) in [6.45, 7) is 5.80. The van der Waals surface area contributed by atoms with Crippen LogP contribution in [0.25, 0.3) is 11.1 Å². The standard InChI is InChI=1S/C70H72N8O13/c1-41(2)66(76-64(80)11-8-7-9-26-77-65(81)36-63(70(77)85)91-53-22-12-43(37-71)13-23-53)68(83)74-42(3)67(82)75-50-20-16-44(17-21-50)46-14-15-47-31-58(79)54-32-59(87-5)61(34-56(54)72-38-48(47)29-46)89-27-10-28-90-62-35-57-55(33-60(62)88-6)69(84)78-40-49(30-51(78)39-73-57)45-18-24-52(86-4)25-19-45/h12-14,16-25,32-36,38-42,47-48,51,66H,7-11,15,26-31H2,1-6H3,(H,74,83)(H,75,82)(H,76,80)/b72-38-/t42-,47?,48+,51+,66-/m1/s1. The molecule has 0 bridgehead atoms. The number of ketones is 1. The monoisotopic (exact) mass is 1230 g/mol. The number of rotatable bonds is 25. The van der Waals surface area contributed by atoms with Crippen molar-refractivity contribution in [2.45, 2.75) is 96.7 Å². The number of aliphatic imine (C=N–C) groups is 2. The number of Topliss-reactive ketones (excluding diaryl/α,β-unsaturated/α-hetero) is 1. The highest BCUT2D eigenvalue weighted by Crippen LogP contribution is 2.43. The number of carbonyl (C=O) groups excluding carboxylic acids is 7. The SMILES string of the molecule is COc1ccc(C2=CN3C(=O)c4cc(OC)c(OCCCOc5cc6c(cc5OC)C(=O)CC5CC=C(c7ccc(NC(=O)[C@@H](C)NC(=O)[C@H](NC(=O)CCCCCN8C(=O)C=C(Oc9ccc(C#N)cc9)C8=O)C(C)C)cc7)C[C@H]5/C=N\6)cc4N=C[C@@H]3C2)cc1. The number of benzene rings is 5. The van der Waals surface area contributed by atoms with Crippen LogP contribution in [0.3, 0.4) is 0 Å². The van der Waals surface area contributed by atoms with Crippen molar-refractivity contribution in [2.24, 2.45) is 27.7 Å². The predicted octanol–water partition coefficient (Wildman–Crippen LogP) is 10.3. The molecule has 91 heavy (non-hydrogen) atoms. The zero-order chi connectivity index (χ0) is 64.3. The quantitative estimate of drug-likeness (QED) is 0.0363. The maximum Gasteiger partial charge on any atom is 0.296 e. The predicted molar refractivity (Wildman–Crippen MR) is 341 cm³/mol. The van der Waals surface area contributed by atoms with E-state index >= 15 is 0 Å². The van der Waals surface area contributed by atoms with E-state index < -0.39 is 35.7 Å². The van der Waals surface area contributed by atoms with E-state index in [9.17, 15) is 33.6 Å². The van der Waals surface area contributed by atoms with Gasteiger partial charge in [-0.1, -0.05) is 50.6 Å². The highest BCUT2D eigenvalue weighted by atomic mass is 16.5. The molecule has 470 valence electrons. The Kier molecular flexibility index (Phi) is 20.2. The Hall–Kier alpha value is -10.4. The number of amides is 6. The largest absolute Gasteiger partial charge is 0.497 e. The molecule has 5 atom stereocenters. The molecule has 5 aromatic rings. The Bertz CT molecular complexity index is 3830. The van der Waals surface area contributed by atoms with Crippen molar-refractivity contribution in [3.05, 3.63) is 149 Å². The molecule has 21 heteroatoms. The number of carbonyl (C=O) groups is 7. The van der Waals surface area contributed by atoms with Gasteiger partial charge in [0.15, 0.2) is 34.5 Å². The maximum absolute atomic E-state index is 13.9. The Morgan fingerprint density at radius 3 is 1.99 bits per heavy atom. The number of unbranched alkanes of at least 4 members (excludes halogenated alkanes) is 2. The molecule has 0 fully saturated rings. The molecule has 1 unspecified atom stereocenters. The van der Waals surface area contributed by atoms with Gasteiger partial charge in [-0.3, -0.25) is 48.4 Å². The first-order valence-electron chi connectivity index (χ1n) is 30.5. The zero-order valence-corrected chi connectivity index (χ0v) is 51.6. The van der Waals surface area contributed by atoms with E-state index in [0.717, 1.165) is 39.0 Å². The van der Waals surface area contributed by atoms with Crippen LogP contribution in [-0.4, -0.2) is 123 Å². The van der Waals surface area contributed by atoms with E-state index in [1.54, 1.807) is 87.5 Å². The third-order valence-corrected chi connectivity index (χ3v) is 16.7. The van der Waals surface area contributed by atoms with Crippen molar-refractivity contribution >= 4 is 81.9 Å². The van der Waals surface area contributed by atoms with Crippen molar-refractivity contribution < 1.29 is 62.0 Å². The number of methoxy groups -OCH3 is 3. The van der Waals surface area contributed by atoms with Crippen LogP contribution in [0.1, 0.15) is 116 Å². The molecule has 5 aromatic carbocycles. The van der Waals surface area contributed by atoms with Gasteiger partial charge in [0, 0.05) is 80.2 Å². The molecule has 0 spiro atoms. The Balaban J connectivity index is 0.665. The van der Waals surface area contributed by atoms with Gasteiger partial charge in [-0.05, 0) is 127 Å².